The lowest BCUT2D eigenvalue weighted by molar-refractivity contribution is 0.0766. The van der Waals surface area contributed by atoms with Gasteiger partial charge in [-0.25, -0.2) is 0 Å². The maximum atomic E-state index is 4.46. The van der Waals surface area contributed by atoms with Crippen molar-refractivity contribution in [1.82, 2.24) is 21.3 Å². The van der Waals surface area contributed by atoms with Gasteiger partial charge in [-0.2, -0.15) is 0 Å². The molecule has 44 heavy (non-hydrogen) atoms. The molecule has 0 aromatic carbocycles. The summed E-state index contributed by atoms with van der Waals surface area (Å²) in [6.07, 6.45) is 11.0. The second kappa shape index (κ2) is 10.7. The van der Waals surface area contributed by atoms with Crippen LogP contribution in [0.4, 0.5) is 0 Å². The van der Waals surface area contributed by atoms with Crippen LogP contribution in [0.25, 0.3) is 0 Å². The highest BCUT2D eigenvalue weighted by Crippen LogP contribution is 2.57. The smallest absolute Gasteiger partial charge is 0.0258 e. The minimum atomic E-state index is 0.340. The summed E-state index contributed by atoms with van der Waals surface area (Å²) in [5.41, 5.74) is 1.36. The van der Waals surface area contributed by atoms with E-state index in [0.29, 0.717) is 70.0 Å². The molecule has 16 atom stereocenters. The maximum Gasteiger partial charge on any atom is 0.0258 e. The molecule has 4 N–H and O–H groups in total. The molecule has 7 aliphatic rings. The number of fused-ring (bicyclic) bond motifs is 4. The van der Waals surface area contributed by atoms with Crippen LogP contribution < -0.4 is 21.3 Å². The van der Waals surface area contributed by atoms with E-state index >= 15 is 0 Å². The first-order valence-electron chi connectivity index (χ1n) is 19.4. The van der Waals surface area contributed by atoms with Crippen molar-refractivity contribution in [2.45, 2.75) is 183 Å². The predicted molar refractivity (Wildman–Crippen MR) is 186 cm³/mol. The van der Waals surface area contributed by atoms with Gasteiger partial charge in [0, 0.05) is 48.3 Å². The monoisotopic (exact) mass is 609 g/mol. The van der Waals surface area contributed by atoms with Gasteiger partial charge in [0.2, 0.25) is 0 Å². The third kappa shape index (κ3) is 5.20. The van der Waals surface area contributed by atoms with Crippen molar-refractivity contribution in [3.8, 4) is 0 Å². The second-order valence-corrected chi connectivity index (χ2v) is 21.7. The summed E-state index contributed by atoms with van der Waals surface area (Å²) in [4.78, 5) is 0. The molecule has 5 heterocycles. The SMILES string of the molecule is CC(C)(C)C1C2CCC3NC4C(CCC5C4NC(CCC4NC6C(CCC1C6N2)C4C(C)(C)C)C5C(C)(C)C)C3C(C)(C)C. The molecule has 16 unspecified atom stereocenters. The predicted octanol–water partition coefficient (Wildman–Crippen LogP) is 7.62. The fourth-order valence-electron chi connectivity index (χ4n) is 14.4. The lowest BCUT2D eigenvalue weighted by Crippen LogP contribution is -2.53. The van der Waals surface area contributed by atoms with E-state index in [1.54, 1.807) is 0 Å². The first-order valence-corrected chi connectivity index (χ1v) is 19.4. The van der Waals surface area contributed by atoms with Crippen molar-refractivity contribution in [1.29, 1.82) is 0 Å². The van der Waals surface area contributed by atoms with Crippen molar-refractivity contribution >= 4 is 0 Å². The summed E-state index contributed by atoms with van der Waals surface area (Å²) < 4.78 is 0. The van der Waals surface area contributed by atoms with Crippen molar-refractivity contribution in [3.05, 3.63) is 0 Å². The molecule has 8 bridgehead atoms. The highest BCUT2D eigenvalue weighted by molar-refractivity contribution is 5.18. The lowest BCUT2D eigenvalue weighted by atomic mass is 9.59. The molecular formula is C40H72N4. The summed E-state index contributed by atoms with van der Waals surface area (Å²) in [6.45, 7) is 30.7. The van der Waals surface area contributed by atoms with Gasteiger partial charge in [0.25, 0.3) is 0 Å². The Bertz CT molecular complexity index is 887. The Labute approximate surface area is 272 Å². The van der Waals surface area contributed by atoms with Gasteiger partial charge in [-0.1, -0.05) is 83.1 Å². The molecule has 4 nitrogen and oxygen atoms in total. The van der Waals surface area contributed by atoms with Gasteiger partial charge >= 0.3 is 0 Å². The quantitative estimate of drug-likeness (QED) is 0.229. The van der Waals surface area contributed by atoms with E-state index in [4.69, 9.17) is 0 Å². The van der Waals surface area contributed by atoms with E-state index in [-0.39, 0.29) is 0 Å². The van der Waals surface area contributed by atoms with Gasteiger partial charge in [0.15, 0.2) is 0 Å². The fraction of sp³-hybridized carbons (Fsp3) is 1.00. The Morgan fingerprint density at radius 1 is 0.295 bits per heavy atom. The molecule has 7 rings (SSSR count). The first-order chi connectivity index (χ1) is 20.4. The molecule has 0 aromatic heterocycles. The van der Waals surface area contributed by atoms with E-state index in [2.05, 4.69) is 104 Å². The van der Waals surface area contributed by atoms with Crippen LogP contribution in [-0.4, -0.2) is 48.3 Å². The second-order valence-electron chi connectivity index (χ2n) is 21.7. The average molecular weight is 609 g/mol. The van der Waals surface area contributed by atoms with Crippen LogP contribution in [0.5, 0.6) is 0 Å². The van der Waals surface area contributed by atoms with E-state index in [9.17, 15) is 0 Å². The molecule has 0 amide bonds. The largest absolute Gasteiger partial charge is 0.309 e. The molecule has 5 saturated heterocycles. The Morgan fingerprint density at radius 2 is 0.477 bits per heavy atom. The van der Waals surface area contributed by atoms with Crippen LogP contribution in [0.3, 0.4) is 0 Å². The molecule has 2 saturated carbocycles. The Hall–Kier alpha value is -0.160. The minimum Gasteiger partial charge on any atom is -0.309 e. The van der Waals surface area contributed by atoms with Crippen molar-refractivity contribution in [3.63, 3.8) is 0 Å². The maximum absolute atomic E-state index is 4.46. The van der Waals surface area contributed by atoms with Crippen LogP contribution in [0.2, 0.25) is 0 Å². The molecule has 4 heteroatoms. The van der Waals surface area contributed by atoms with Gasteiger partial charge in [0.05, 0.1) is 0 Å². The normalized spacial score (nSPS) is 51.0. The van der Waals surface area contributed by atoms with Crippen molar-refractivity contribution in [2.24, 2.45) is 69.0 Å². The average Bonchev–Trinajstić information content (AvgIpc) is 3.61. The molecule has 7 fully saturated rings. The van der Waals surface area contributed by atoms with Crippen LogP contribution in [0.1, 0.15) is 134 Å². The van der Waals surface area contributed by atoms with Gasteiger partial charge < -0.3 is 21.3 Å². The van der Waals surface area contributed by atoms with E-state index in [1.807, 2.05) is 0 Å². The molecule has 0 spiro atoms. The topological polar surface area (TPSA) is 48.1 Å². The summed E-state index contributed by atoms with van der Waals surface area (Å²) in [6, 6.07) is 5.12. The van der Waals surface area contributed by atoms with E-state index in [0.717, 1.165) is 47.3 Å². The Kier molecular flexibility index (Phi) is 7.85. The van der Waals surface area contributed by atoms with Gasteiger partial charge in [-0.05, 0) is 120 Å². The highest BCUT2D eigenvalue weighted by atomic mass is 15.2. The van der Waals surface area contributed by atoms with E-state index in [1.165, 1.54) is 51.4 Å². The molecule has 252 valence electrons. The zero-order chi connectivity index (χ0) is 31.7. The minimum absolute atomic E-state index is 0.340. The summed E-state index contributed by atoms with van der Waals surface area (Å²) in [5, 5.41) is 17.8. The number of hydrogen-bond donors (Lipinski definition) is 4. The summed E-state index contributed by atoms with van der Waals surface area (Å²) in [5.74, 6) is 6.31. The van der Waals surface area contributed by atoms with Crippen molar-refractivity contribution in [2.75, 3.05) is 0 Å². The Balaban J connectivity index is 1.28. The third-order valence-corrected chi connectivity index (χ3v) is 15.1. The van der Waals surface area contributed by atoms with Gasteiger partial charge in [-0.3, -0.25) is 0 Å². The number of rotatable bonds is 0. The van der Waals surface area contributed by atoms with Crippen LogP contribution in [-0.2, 0) is 0 Å². The van der Waals surface area contributed by atoms with Crippen LogP contribution in [0, 0.1) is 69.0 Å². The van der Waals surface area contributed by atoms with Crippen LogP contribution >= 0.6 is 0 Å². The van der Waals surface area contributed by atoms with Crippen molar-refractivity contribution < 1.29 is 0 Å². The van der Waals surface area contributed by atoms with E-state index < -0.39 is 0 Å². The molecule has 2 aliphatic carbocycles. The third-order valence-electron chi connectivity index (χ3n) is 15.1. The van der Waals surface area contributed by atoms with Crippen LogP contribution in [0.15, 0.2) is 0 Å². The first kappa shape index (κ1) is 32.4. The number of hydrogen-bond acceptors (Lipinski definition) is 4. The van der Waals surface area contributed by atoms with Gasteiger partial charge in [0.1, 0.15) is 0 Å². The molecule has 0 radical (unpaired) electrons. The fourth-order valence-corrected chi connectivity index (χ4v) is 14.4. The zero-order valence-electron chi connectivity index (χ0n) is 30.9. The molecule has 5 aliphatic heterocycles. The van der Waals surface area contributed by atoms with Gasteiger partial charge in [-0.15, -0.1) is 0 Å². The summed E-state index contributed by atoms with van der Waals surface area (Å²) >= 11 is 0. The molecule has 0 aromatic rings. The standard InChI is InChI=1S/C40H72N4/c1-37(2,3)29-21-13-14-22-30(38(4,5)6)27-19-20-28-32(40(10,11)12)24-16-15-23-31(39(7,8)9)26(43-35(23)36(24)44-28)18-17-25(29)41-33(21)34(22)42-27/h21-36,41-44H,13-20H2,1-12H3. The highest BCUT2D eigenvalue weighted by Gasteiger charge is 2.62. The zero-order valence-corrected chi connectivity index (χ0v) is 30.9. The lowest BCUT2D eigenvalue weighted by Gasteiger charge is -2.44. The Morgan fingerprint density at radius 3 is 0.636 bits per heavy atom. The number of nitrogens with one attached hydrogen (secondary N) is 4. The molecular weight excluding hydrogens is 536 g/mol. The summed E-state index contributed by atoms with van der Waals surface area (Å²) in [7, 11) is 0.